The lowest BCUT2D eigenvalue weighted by Crippen LogP contribution is -2.54. The molecule has 3 rings (SSSR count). The molecule has 3 heterocycles. The van der Waals surface area contributed by atoms with Crippen LogP contribution in [0.15, 0.2) is 0 Å². The van der Waals surface area contributed by atoms with Gasteiger partial charge >= 0.3 is 0 Å². The summed E-state index contributed by atoms with van der Waals surface area (Å²) in [5, 5.41) is 4.38. The van der Waals surface area contributed by atoms with Crippen molar-refractivity contribution in [3.8, 4) is 0 Å². The van der Waals surface area contributed by atoms with Gasteiger partial charge in [-0.1, -0.05) is 6.92 Å². The summed E-state index contributed by atoms with van der Waals surface area (Å²) in [6.07, 6.45) is 3.59. The molecule has 2 aliphatic heterocycles. The molecule has 0 saturated carbocycles. The molecule has 27 heavy (non-hydrogen) atoms. The normalized spacial score (nSPS) is 21.2. The molecule has 2 amide bonds. The Hall–Kier alpha value is -1.92. The fourth-order valence-corrected chi connectivity index (χ4v) is 4.51. The number of nitrogens with zero attached hydrogens (tertiary/aromatic N) is 5. The van der Waals surface area contributed by atoms with E-state index in [1.807, 2.05) is 35.3 Å². The minimum absolute atomic E-state index is 0.112. The van der Waals surface area contributed by atoms with Crippen molar-refractivity contribution < 1.29 is 9.59 Å². The van der Waals surface area contributed by atoms with Crippen molar-refractivity contribution in [1.29, 1.82) is 0 Å². The van der Waals surface area contributed by atoms with E-state index in [9.17, 15) is 9.59 Å². The fourth-order valence-electron chi connectivity index (χ4n) is 4.51. The highest BCUT2D eigenvalue weighted by atomic mass is 16.2. The van der Waals surface area contributed by atoms with Crippen molar-refractivity contribution in [3.05, 3.63) is 11.6 Å². The van der Waals surface area contributed by atoms with Crippen molar-refractivity contribution in [1.82, 2.24) is 24.6 Å². The molecule has 0 N–H and O–H groups in total. The first-order valence-electron chi connectivity index (χ1n) is 10.2. The number of aromatic nitrogens is 3. The fraction of sp³-hybridized carbons (Fsp3) is 0.800. The summed E-state index contributed by atoms with van der Waals surface area (Å²) < 4.78 is 1.83. The molecule has 0 bridgehead atoms. The van der Waals surface area contributed by atoms with Gasteiger partial charge in [0.2, 0.25) is 11.8 Å². The van der Waals surface area contributed by atoms with Crippen LogP contribution >= 0.6 is 0 Å². The van der Waals surface area contributed by atoms with Gasteiger partial charge in [0.05, 0.1) is 12.5 Å². The number of piperidine rings is 2. The SMILES string of the molecule is Cc1nc(C)n(C[C@@H](C)C(=O)N2CCC3(CCC(=O)N(C(C)C)C3)CC2)n1. The first kappa shape index (κ1) is 19.8. The Balaban J connectivity index is 1.57. The molecule has 2 fully saturated rings. The molecule has 2 aliphatic rings. The summed E-state index contributed by atoms with van der Waals surface area (Å²) in [5.41, 5.74) is 0.192. The van der Waals surface area contributed by atoms with Crippen LogP contribution in [0.3, 0.4) is 0 Å². The molecule has 0 aliphatic carbocycles. The predicted molar refractivity (Wildman–Crippen MR) is 103 cm³/mol. The van der Waals surface area contributed by atoms with Crippen LogP contribution in [0.1, 0.15) is 58.1 Å². The number of likely N-dealkylation sites (tertiary alicyclic amines) is 2. The van der Waals surface area contributed by atoms with E-state index in [2.05, 4.69) is 23.9 Å². The second kappa shape index (κ2) is 7.60. The standard InChI is InChI=1S/C20H33N5O2/c1-14(2)24-13-20(7-6-18(24)26)8-10-23(11-9-20)19(27)15(3)12-25-17(5)21-16(4)22-25/h14-15H,6-13H2,1-5H3/t15-/m1/s1. The van der Waals surface area contributed by atoms with Crippen LogP contribution in [0.5, 0.6) is 0 Å². The van der Waals surface area contributed by atoms with Crippen molar-refractivity contribution in [2.24, 2.45) is 11.3 Å². The van der Waals surface area contributed by atoms with Gasteiger partial charge in [0.1, 0.15) is 11.6 Å². The number of rotatable bonds is 4. The molecule has 2 saturated heterocycles. The monoisotopic (exact) mass is 375 g/mol. The molecule has 7 nitrogen and oxygen atoms in total. The van der Waals surface area contributed by atoms with Crippen molar-refractivity contribution in [2.75, 3.05) is 19.6 Å². The zero-order valence-electron chi connectivity index (χ0n) is 17.4. The van der Waals surface area contributed by atoms with Crippen LogP contribution in [0.25, 0.3) is 0 Å². The maximum atomic E-state index is 12.9. The molecule has 150 valence electrons. The van der Waals surface area contributed by atoms with Gasteiger partial charge in [-0.15, -0.1) is 0 Å². The predicted octanol–water partition coefficient (Wildman–Crippen LogP) is 2.17. The summed E-state index contributed by atoms with van der Waals surface area (Å²) in [6.45, 7) is 12.9. The van der Waals surface area contributed by atoms with Gasteiger partial charge in [0.25, 0.3) is 0 Å². The Kier molecular flexibility index (Phi) is 5.58. The Labute approximate surface area is 162 Å². The zero-order valence-corrected chi connectivity index (χ0v) is 17.4. The van der Waals surface area contributed by atoms with Gasteiger partial charge in [0, 0.05) is 32.1 Å². The van der Waals surface area contributed by atoms with Gasteiger partial charge in [0.15, 0.2) is 0 Å². The van der Waals surface area contributed by atoms with Gasteiger partial charge in [-0.3, -0.25) is 9.59 Å². The summed E-state index contributed by atoms with van der Waals surface area (Å²) in [6, 6.07) is 0.253. The lowest BCUT2D eigenvalue weighted by Gasteiger charge is -2.48. The van der Waals surface area contributed by atoms with Gasteiger partial charge in [-0.05, 0) is 52.4 Å². The average Bonchev–Trinajstić information content (AvgIpc) is 2.94. The van der Waals surface area contributed by atoms with Crippen molar-refractivity contribution in [3.63, 3.8) is 0 Å². The first-order valence-corrected chi connectivity index (χ1v) is 10.2. The lowest BCUT2D eigenvalue weighted by molar-refractivity contribution is -0.145. The molecule has 1 aromatic heterocycles. The molecule has 0 unspecified atom stereocenters. The molecule has 1 spiro atoms. The van der Waals surface area contributed by atoms with Gasteiger partial charge < -0.3 is 9.80 Å². The van der Waals surface area contributed by atoms with E-state index >= 15 is 0 Å². The Morgan fingerprint density at radius 1 is 1.15 bits per heavy atom. The van der Waals surface area contributed by atoms with E-state index in [0.29, 0.717) is 13.0 Å². The molecular formula is C20H33N5O2. The Morgan fingerprint density at radius 2 is 1.81 bits per heavy atom. The zero-order chi connectivity index (χ0) is 19.8. The summed E-state index contributed by atoms with van der Waals surface area (Å²) in [4.78, 5) is 33.4. The minimum atomic E-state index is -0.112. The number of hydrogen-bond donors (Lipinski definition) is 0. The van der Waals surface area contributed by atoms with Crippen LogP contribution in [-0.2, 0) is 16.1 Å². The number of carbonyl (C=O) groups excluding carboxylic acids is 2. The highest BCUT2D eigenvalue weighted by Crippen LogP contribution is 2.41. The average molecular weight is 376 g/mol. The van der Waals surface area contributed by atoms with E-state index in [0.717, 1.165) is 50.5 Å². The van der Waals surface area contributed by atoms with E-state index in [1.165, 1.54) is 0 Å². The van der Waals surface area contributed by atoms with Gasteiger partial charge in [-0.25, -0.2) is 9.67 Å². The summed E-state index contributed by atoms with van der Waals surface area (Å²) in [7, 11) is 0. The Bertz CT molecular complexity index is 703. The third-order valence-corrected chi connectivity index (χ3v) is 6.29. The van der Waals surface area contributed by atoms with Crippen LogP contribution in [0, 0.1) is 25.2 Å². The first-order chi connectivity index (χ1) is 12.7. The van der Waals surface area contributed by atoms with Gasteiger partial charge in [-0.2, -0.15) is 5.10 Å². The number of carbonyl (C=O) groups is 2. The molecule has 0 radical (unpaired) electrons. The van der Waals surface area contributed by atoms with E-state index in [-0.39, 0.29) is 29.2 Å². The molecular weight excluding hydrogens is 342 g/mol. The van der Waals surface area contributed by atoms with E-state index < -0.39 is 0 Å². The topological polar surface area (TPSA) is 71.3 Å². The maximum Gasteiger partial charge on any atom is 0.227 e. The second-order valence-electron chi connectivity index (χ2n) is 8.73. The highest BCUT2D eigenvalue weighted by molar-refractivity contribution is 5.79. The summed E-state index contributed by atoms with van der Waals surface area (Å²) >= 11 is 0. The van der Waals surface area contributed by atoms with Crippen LogP contribution < -0.4 is 0 Å². The molecule has 1 atom stereocenters. The molecule has 1 aromatic rings. The third kappa shape index (κ3) is 4.17. The molecule has 7 heteroatoms. The van der Waals surface area contributed by atoms with E-state index in [4.69, 9.17) is 0 Å². The highest BCUT2D eigenvalue weighted by Gasteiger charge is 2.42. The van der Waals surface area contributed by atoms with E-state index in [1.54, 1.807) is 0 Å². The Morgan fingerprint density at radius 3 is 2.37 bits per heavy atom. The van der Waals surface area contributed by atoms with Crippen molar-refractivity contribution >= 4 is 11.8 Å². The maximum absolute atomic E-state index is 12.9. The smallest absolute Gasteiger partial charge is 0.227 e. The largest absolute Gasteiger partial charge is 0.342 e. The minimum Gasteiger partial charge on any atom is -0.342 e. The summed E-state index contributed by atoms with van der Waals surface area (Å²) in [5.74, 6) is 1.96. The van der Waals surface area contributed by atoms with Crippen LogP contribution in [0.2, 0.25) is 0 Å². The van der Waals surface area contributed by atoms with Crippen molar-refractivity contribution in [2.45, 2.75) is 72.9 Å². The van der Waals surface area contributed by atoms with Crippen LogP contribution in [-0.4, -0.2) is 62.1 Å². The number of amides is 2. The lowest BCUT2D eigenvalue weighted by atomic mass is 9.72. The number of hydrogen-bond acceptors (Lipinski definition) is 4. The number of aryl methyl sites for hydroxylation is 2. The molecule has 0 aromatic carbocycles. The van der Waals surface area contributed by atoms with Crippen LogP contribution in [0.4, 0.5) is 0 Å². The second-order valence-corrected chi connectivity index (χ2v) is 8.73. The third-order valence-electron chi connectivity index (χ3n) is 6.29. The quantitative estimate of drug-likeness (QED) is 0.809.